The Morgan fingerprint density at radius 2 is 2.38 bits per heavy atom. The summed E-state index contributed by atoms with van der Waals surface area (Å²) in [6.45, 7) is 3.81. The molecular formula is C9H12N2O2. The molecule has 0 saturated heterocycles. The first-order valence-corrected chi connectivity index (χ1v) is 4.35. The third-order valence-corrected chi connectivity index (χ3v) is 2.27. The normalized spacial score (nSPS) is 18.3. The van der Waals surface area contributed by atoms with E-state index in [1.807, 2.05) is 6.92 Å². The van der Waals surface area contributed by atoms with Gasteiger partial charge in [-0.15, -0.1) is 0 Å². The number of hydrogen-bond acceptors (Lipinski definition) is 3. The minimum atomic E-state index is -0.166. The first-order valence-electron chi connectivity index (χ1n) is 4.35. The van der Waals surface area contributed by atoms with Crippen LogP contribution in [0.1, 0.15) is 36.0 Å². The van der Waals surface area contributed by atoms with Crippen LogP contribution in [0.2, 0.25) is 0 Å². The Morgan fingerprint density at radius 1 is 1.69 bits per heavy atom. The monoisotopic (exact) mass is 180 g/mol. The molecule has 1 aromatic rings. The fourth-order valence-electron chi connectivity index (χ4n) is 1.12. The molecule has 1 aromatic heterocycles. The number of rotatable bonds is 2. The molecule has 1 fully saturated rings. The van der Waals surface area contributed by atoms with E-state index in [0.29, 0.717) is 5.76 Å². The Hall–Kier alpha value is -1.32. The maximum absolute atomic E-state index is 11.5. The molecular weight excluding hydrogens is 168 g/mol. The Labute approximate surface area is 76.3 Å². The van der Waals surface area contributed by atoms with Crippen molar-refractivity contribution in [3.8, 4) is 0 Å². The lowest BCUT2D eigenvalue weighted by Gasteiger charge is -2.08. The fourth-order valence-corrected chi connectivity index (χ4v) is 1.12. The molecule has 0 unspecified atom stereocenters. The highest BCUT2D eigenvalue weighted by atomic mass is 16.5. The molecule has 0 aliphatic heterocycles. The second-order valence-corrected chi connectivity index (χ2v) is 3.85. The van der Waals surface area contributed by atoms with E-state index in [-0.39, 0.29) is 11.4 Å². The van der Waals surface area contributed by atoms with Gasteiger partial charge in [-0.1, -0.05) is 5.16 Å². The molecule has 0 atom stereocenters. The lowest BCUT2D eigenvalue weighted by Crippen LogP contribution is -2.33. The molecule has 0 spiro atoms. The van der Waals surface area contributed by atoms with Crippen molar-refractivity contribution in [3.05, 3.63) is 17.5 Å². The van der Waals surface area contributed by atoms with Crippen LogP contribution in [0.25, 0.3) is 0 Å². The second-order valence-electron chi connectivity index (χ2n) is 3.85. The standard InChI is InChI=1S/C9H12N2O2/c1-6-5-7(13-11-6)8(12)10-9(2)3-4-9/h5H,3-4H2,1-2H3,(H,10,12). The van der Waals surface area contributed by atoms with E-state index < -0.39 is 0 Å². The van der Waals surface area contributed by atoms with Crippen molar-refractivity contribution in [2.75, 3.05) is 0 Å². The number of nitrogens with zero attached hydrogens (tertiary/aromatic N) is 1. The molecule has 2 rings (SSSR count). The average Bonchev–Trinajstić information content (AvgIpc) is 2.62. The van der Waals surface area contributed by atoms with Crippen LogP contribution in [0.4, 0.5) is 0 Å². The lowest BCUT2D eigenvalue weighted by molar-refractivity contribution is 0.0898. The van der Waals surface area contributed by atoms with Crippen LogP contribution in [0.5, 0.6) is 0 Å². The summed E-state index contributed by atoms with van der Waals surface area (Å²) in [6.07, 6.45) is 2.09. The second kappa shape index (κ2) is 2.58. The number of amides is 1. The summed E-state index contributed by atoms with van der Waals surface area (Å²) in [5, 5.41) is 6.54. The Bertz CT molecular complexity index is 339. The van der Waals surface area contributed by atoms with Crippen LogP contribution >= 0.6 is 0 Å². The number of aryl methyl sites for hydroxylation is 1. The van der Waals surface area contributed by atoms with Gasteiger partial charge in [0.2, 0.25) is 5.76 Å². The van der Waals surface area contributed by atoms with Gasteiger partial charge in [-0.25, -0.2) is 0 Å². The molecule has 0 bridgehead atoms. The molecule has 1 aliphatic rings. The van der Waals surface area contributed by atoms with E-state index in [0.717, 1.165) is 18.5 Å². The van der Waals surface area contributed by atoms with Gasteiger partial charge in [-0.05, 0) is 26.7 Å². The Balaban J connectivity index is 2.05. The number of hydrogen-bond donors (Lipinski definition) is 1. The quantitative estimate of drug-likeness (QED) is 0.745. The van der Waals surface area contributed by atoms with E-state index >= 15 is 0 Å². The Morgan fingerprint density at radius 3 is 2.85 bits per heavy atom. The molecule has 4 nitrogen and oxygen atoms in total. The Kier molecular flexibility index (Phi) is 1.65. The van der Waals surface area contributed by atoms with Crippen LogP contribution < -0.4 is 5.32 Å². The van der Waals surface area contributed by atoms with Crippen LogP contribution in [-0.2, 0) is 0 Å². The predicted molar refractivity (Wildman–Crippen MR) is 46.3 cm³/mol. The van der Waals surface area contributed by atoms with Crippen molar-refractivity contribution >= 4 is 5.91 Å². The topological polar surface area (TPSA) is 55.1 Å². The van der Waals surface area contributed by atoms with Crippen LogP contribution in [0.3, 0.4) is 0 Å². The van der Waals surface area contributed by atoms with Gasteiger partial charge in [0.1, 0.15) is 0 Å². The van der Waals surface area contributed by atoms with Crippen molar-refractivity contribution in [3.63, 3.8) is 0 Å². The van der Waals surface area contributed by atoms with Gasteiger partial charge in [0.25, 0.3) is 5.91 Å². The summed E-state index contributed by atoms with van der Waals surface area (Å²) in [7, 11) is 0. The largest absolute Gasteiger partial charge is 0.351 e. The zero-order valence-corrected chi connectivity index (χ0v) is 7.76. The van der Waals surface area contributed by atoms with Crippen molar-refractivity contribution in [2.45, 2.75) is 32.2 Å². The maximum atomic E-state index is 11.5. The summed E-state index contributed by atoms with van der Waals surface area (Å²) < 4.78 is 4.84. The molecule has 0 aromatic carbocycles. The van der Waals surface area contributed by atoms with Crippen molar-refractivity contribution in [1.29, 1.82) is 0 Å². The third kappa shape index (κ3) is 1.71. The summed E-state index contributed by atoms with van der Waals surface area (Å²) in [4.78, 5) is 11.5. The summed E-state index contributed by atoms with van der Waals surface area (Å²) >= 11 is 0. The zero-order valence-electron chi connectivity index (χ0n) is 7.76. The fraction of sp³-hybridized carbons (Fsp3) is 0.556. The van der Waals surface area contributed by atoms with E-state index in [1.54, 1.807) is 13.0 Å². The minimum absolute atomic E-state index is 0.00220. The van der Waals surface area contributed by atoms with E-state index in [4.69, 9.17) is 4.52 Å². The molecule has 1 aliphatic carbocycles. The SMILES string of the molecule is Cc1cc(C(=O)NC2(C)CC2)on1. The number of nitrogens with one attached hydrogen (secondary N) is 1. The highest BCUT2D eigenvalue weighted by Crippen LogP contribution is 2.34. The highest BCUT2D eigenvalue weighted by molar-refractivity contribution is 5.92. The highest BCUT2D eigenvalue weighted by Gasteiger charge is 2.39. The molecule has 1 N–H and O–H groups in total. The molecule has 70 valence electrons. The van der Waals surface area contributed by atoms with Gasteiger partial charge < -0.3 is 9.84 Å². The van der Waals surface area contributed by atoms with Gasteiger partial charge >= 0.3 is 0 Å². The predicted octanol–water partition coefficient (Wildman–Crippen LogP) is 1.27. The number of carbonyl (C=O) groups excluding carboxylic acids is 1. The van der Waals surface area contributed by atoms with Crippen LogP contribution in [0.15, 0.2) is 10.6 Å². The molecule has 1 saturated carbocycles. The summed E-state index contributed by atoms with van der Waals surface area (Å²) in [5.74, 6) is 0.131. The smallest absolute Gasteiger partial charge is 0.290 e. The summed E-state index contributed by atoms with van der Waals surface area (Å²) in [6, 6.07) is 1.64. The minimum Gasteiger partial charge on any atom is -0.351 e. The van der Waals surface area contributed by atoms with Crippen molar-refractivity contribution in [1.82, 2.24) is 10.5 Å². The number of aromatic nitrogens is 1. The molecule has 0 radical (unpaired) electrons. The maximum Gasteiger partial charge on any atom is 0.290 e. The lowest BCUT2D eigenvalue weighted by atomic mass is 10.3. The number of carbonyl (C=O) groups is 1. The molecule has 13 heavy (non-hydrogen) atoms. The van der Waals surface area contributed by atoms with E-state index in [1.165, 1.54) is 0 Å². The third-order valence-electron chi connectivity index (χ3n) is 2.27. The van der Waals surface area contributed by atoms with Gasteiger partial charge in [-0.2, -0.15) is 0 Å². The van der Waals surface area contributed by atoms with E-state index in [2.05, 4.69) is 10.5 Å². The summed E-state index contributed by atoms with van der Waals surface area (Å²) in [5.41, 5.74) is 0.726. The first-order chi connectivity index (χ1) is 6.09. The molecule has 1 heterocycles. The van der Waals surface area contributed by atoms with Gasteiger partial charge in [-0.3, -0.25) is 4.79 Å². The van der Waals surface area contributed by atoms with Gasteiger partial charge in [0, 0.05) is 11.6 Å². The molecule has 4 heteroatoms. The van der Waals surface area contributed by atoms with Crippen molar-refractivity contribution < 1.29 is 9.32 Å². The first kappa shape index (κ1) is 8.29. The average molecular weight is 180 g/mol. The van der Waals surface area contributed by atoms with Gasteiger partial charge in [0.05, 0.1) is 5.69 Å². The molecule has 1 amide bonds. The van der Waals surface area contributed by atoms with Crippen molar-refractivity contribution in [2.24, 2.45) is 0 Å². The zero-order chi connectivity index (χ0) is 9.47. The van der Waals surface area contributed by atoms with Crippen LogP contribution in [0, 0.1) is 6.92 Å². The van der Waals surface area contributed by atoms with Crippen LogP contribution in [-0.4, -0.2) is 16.6 Å². The van der Waals surface area contributed by atoms with E-state index in [9.17, 15) is 4.79 Å². The van der Waals surface area contributed by atoms with Gasteiger partial charge in [0.15, 0.2) is 0 Å².